The summed E-state index contributed by atoms with van der Waals surface area (Å²) in [5.41, 5.74) is 2.67. The van der Waals surface area contributed by atoms with Crippen LogP contribution in [0.15, 0.2) is 48.5 Å². The van der Waals surface area contributed by atoms with Crippen molar-refractivity contribution in [2.24, 2.45) is 0 Å². The van der Waals surface area contributed by atoms with E-state index in [9.17, 15) is 9.59 Å². The van der Waals surface area contributed by atoms with Crippen LogP contribution < -0.4 is 10.2 Å². The normalized spacial score (nSPS) is 14.9. The van der Waals surface area contributed by atoms with Gasteiger partial charge < -0.3 is 15.1 Å². The first kappa shape index (κ1) is 19.5. The lowest BCUT2D eigenvalue weighted by Crippen LogP contribution is -3.13. The van der Waals surface area contributed by atoms with Crippen LogP contribution in [0.3, 0.4) is 0 Å². The van der Waals surface area contributed by atoms with Gasteiger partial charge >= 0.3 is 0 Å². The van der Waals surface area contributed by atoms with Gasteiger partial charge in [0.05, 0.1) is 42.9 Å². The highest BCUT2D eigenvalue weighted by molar-refractivity contribution is 7.18. The minimum atomic E-state index is -0.206. The van der Waals surface area contributed by atoms with Crippen molar-refractivity contribution in [3.05, 3.63) is 64.7 Å². The molecule has 0 bridgehead atoms. The number of hydrogen-bond donors (Lipinski definition) is 2. The van der Waals surface area contributed by atoms with E-state index in [1.54, 1.807) is 17.4 Å². The van der Waals surface area contributed by atoms with Crippen molar-refractivity contribution < 1.29 is 14.5 Å². The Kier molecular flexibility index (Phi) is 5.87. The van der Waals surface area contributed by atoms with E-state index in [2.05, 4.69) is 11.4 Å². The SMILES string of the molecule is Cc1cccc(C(=O)NCC(=O)N2CC[NH+](Cc3nc4ccccc4s3)CC2)c1. The average molecular weight is 410 g/mol. The second-order valence-corrected chi connectivity index (χ2v) is 8.55. The molecular formula is C22H25N4O2S+. The standard InChI is InChI=1S/C22H24N4O2S/c1-16-5-4-6-17(13-16)22(28)23-14-21(27)26-11-9-25(10-12-26)15-20-24-18-7-2-3-8-19(18)29-20/h2-8,13H,9-12,14-15H2,1H3,(H,23,28)/p+1. The van der Waals surface area contributed by atoms with Crippen molar-refractivity contribution in [3.63, 3.8) is 0 Å². The van der Waals surface area contributed by atoms with Gasteiger partial charge in [-0.25, -0.2) is 4.98 Å². The number of carbonyl (C=O) groups excluding carboxylic acids is 2. The maximum absolute atomic E-state index is 12.5. The fraction of sp³-hybridized carbons (Fsp3) is 0.318. The molecule has 1 fully saturated rings. The van der Waals surface area contributed by atoms with E-state index in [1.165, 1.54) is 9.60 Å². The Bertz CT molecular complexity index is 991. The van der Waals surface area contributed by atoms with Gasteiger partial charge in [-0.3, -0.25) is 9.59 Å². The summed E-state index contributed by atoms with van der Waals surface area (Å²) in [6, 6.07) is 15.6. The number of para-hydroxylation sites is 1. The van der Waals surface area contributed by atoms with Gasteiger partial charge in [0.25, 0.3) is 5.91 Å². The van der Waals surface area contributed by atoms with E-state index in [0.29, 0.717) is 18.7 Å². The molecule has 0 spiro atoms. The van der Waals surface area contributed by atoms with Gasteiger partial charge in [-0.05, 0) is 31.2 Å². The predicted molar refractivity (Wildman–Crippen MR) is 114 cm³/mol. The number of nitrogens with zero attached hydrogens (tertiary/aromatic N) is 2. The first-order valence-electron chi connectivity index (χ1n) is 9.89. The molecule has 1 aliphatic heterocycles. The molecule has 1 aliphatic rings. The molecule has 1 saturated heterocycles. The van der Waals surface area contributed by atoms with Gasteiger partial charge in [-0.15, -0.1) is 11.3 Å². The highest BCUT2D eigenvalue weighted by Gasteiger charge is 2.24. The molecule has 2 N–H and O–H groups in total. The fourth-order valence-electron chi connectivity index (χ4n) is 3.61. The molecule has 0 unspecified atom stereocenters. The first-order chi connectivity index (χ1) is 14.1. The quantitative estimate of drug-likeness (QED) is 0.667. The van der Waals surface area contributed by atoms with Crippen LogP contribution in [0.1, 0.15) is 20.9 Å². The molecule has 0 atom stereocenters. The lowest BCUT2D eigenvalue weighted by atomic mass is 10.1. The van der Waals surface area contributed by atoms with Gasteiger partial charge in [0.1, 0.15) is 11.6 Å². The summed E-state index contributed by atoms with van der Waals surface area (Å²) >= 11 is 1.75. The molecule has 150 valence electrons. The Morgan fingerprint density at radius 3 is 2.69 bits per heavy atom. The molecule has 0 radical (unpaired) electrons. The van der Waals surface area contributed by atoms with Crippen molar-refractivity contribution in [1.29, 1.82) is 0 Å². The van der Waals surface area contributed by atoms with Crippen LogP contribution in [0.25, 0.3) is 10.2 Å². The molecule has 4 rings (SSSR count). The number of nitrogens with one attached hydrogen (secondary N) is 2. The van der Waals surface area contributed by atoms with Crippen molar-refractivity contribution in [1.82, 2.24) is 15.2 Å². The molecule has 6 nitrogen and oxygen atoms in total. The Morgan fingerprint density at radius 1 is 1.14 bits per heavy atom. The summed E-state index contributed by atoms with van der Waals surface area (Å²) in [4.78, 5) is 32.7. The number of quaternary nitrogens is 1. The summed E-state index contributed by atoms with van der Waals surface area (Å²) in [5.74, 6) is -0.229. The number of fused-ring (bicyclic) bond motifs is 1. The summed E-state index contributed by atoms with van der Waals surface area (Å²) in [5, 5.41) is 3.89. The van der Waals surface area contributed by atoms with Gasteiger partial charge in [0.15, 0.2) is 0 Å². The van der Waals surface area contributed by atoms with E-state index < -0.39 is 0 Å². The van der Waals surface area contributed by atoms with Crippen LogP contribution in [-0.2, 0) is 11.3 Å². The number of rotatable bonds is 5. The molecule has 0 aliphatic carbocycles. The molecule has 7 heteroatoms. The Hall–Kier alpha value is -2.77. The second-order valence-electron chi connectivity index (χ2n) is 7.44. The van der Waals surface area contributed by atoms with Crippen molar-refractivity contribution in [3.8, 4) is 0 Å². The first-order valence-corrected chi connectivity index (χ1v) is 10.7. The maximum atomic E-state index is 12.5. The largest absolute Gasteiger partial charge is 0.343 e. The number of aryl methyl sites for hydroxylation is 1. The topological polar surface area (TPSA) is 66.7 Å². The number of piperazine rings is 1. The number of carbonyl (C=O) groups is 2. The highest BCUT2D eigenvalue weighted by Crippen LogP contribution is 2.20. The summed E-state index contributed by atoms with van der Waals surface area (Å²) in [6.07, 6.45) is 0. The number of benzene rings is 2. The lowest BCUT2D eigenvalue weighted by Gasteiger charge is -2.31. The Labute approximate surface area is 174 Å². The molecule has 3 aromatic rings. The van der Waals surface area contributed by atoms with E-state index in [0.717, 1.165) is 35.7 Å². The third-order valence-corrected chi connectivity index (χ3v) is 6.28. The zero-order chi connectivity index (χ0) is 20.2. The minimum absolute atomic E-state index is 0.0231. The predicted octanol–water partition coefficient (Wildman–Crippen LogP) is 1.26. The molecule has 2 amide bonds. The molecule has 0 saturated carbocycles. The van der Waals surface area contributed by atoms with Gasteiger partial charge in [-0.1, -0.05) is 29.8 Å². The van der Waals surface area contributed by atoms with E-state index >= 15 is 0 Å². The van der Waals surface area contributed by atoms with Gasteiger partial charge in [0, 0.05) is 5.56 Å². The molecule has 29 heavy (non-hydrogen) atoms. The van der Waals surface area contributed by atoms with Crippen molar-refractivity contribution >= 4 is 33.4 Å². The van der Waals surface area contributed by atoms with Crippen molar-refractivity contribution in [2.45, 2.75) is 13.5 Å². The molecular weight excluding hydrogens is 384 g/mol. The summed E-state index contributed by atoms with van der Waals surface area (Å²) < 4.78 is 1.22. The number of thiazole rings is 1. The molecule has 2 heterocycles. The van der Waals surface area contributed by atoms with Crippen LogP contribution in [0, 0.1) is 6.92 Å². The third-order valence-electron chi connectivity index (χ3n) is 5.24. The number of amides is 2. The number of hydrogen-bond acceptors (Lipinski definition) is 4. The smallest absolute Gasteiger partial charge is 0.251 e. The monoisotopic (exact) mass is 409 g/mol. The lowest BCUT2D eigenvalue weighted by molar-refractivity contribution is -0.917. The fourth-order valence-corrected chi connectivity index (χ4v) is 4.65. The van der Waals surface area contributed by atoms with Gasteiger partial charge in [-0.2, -0.15) is 0 Å². The Morgan fingerprint density at radius 2 is 1.93 bits per heavy atom. The second kappa shape index (κ2) is 8.71. The van der Waals surface area contributed by atoms with Crippen LogP contribution in [0.4, 0.5) is 0 Å². The van der Waals surface area contributed by atoms with Crippen LogP contribution in [0.2, 0.25) is 0 Å². The van der Waals surface area contributed by atoms with Crippen LogP contribution >= 0.6 is 11.3 Å². The zero-order valence-electron chi connectivity index (χ0n) is 16.5. The summed E-state index contributed by atoms with van der Waals surface area (Å²) in [7, 11) is 0. The minimum Gasteiger partial charge on any atom is -0.343 e. The summed E-state index contributed by atoms with van der Waals surface area (Å²) in [6.45, 7) is 6.09. The Balaban J connectivity index is 1.24. The van der Waals surface area contributed by atoms with E-state index in [4.69, 9.17) is 4.98 Å². The maximum Gasteiger partial charge on any atom is 0.251 e. The number of aromatic nitrogens is 1. The molecule has 1 aromatic heterocycles. The van der Waals surface area contributed by atoms with E-state index in [-0.39, 0.29) is 18.4 Å². The van der Waals surface area contributed by atoms with E-state index in [1.807, 2.05) is 48.2 Å². The highest BCUT2D eigenvalue weighted by atomic mass is 32.1. The van der Waals surface area contributed by atoms with Gasteiger partial charge in [0.2, 0.25) is 5.91 Å². The average Bonchev–Trinajstić information content (AvgIpc) is 3.14. The third kappa shape index (κ3) is 4.81. The molecule has 2 aromatic carbocycles. The van der Waals surface area contributed by atoms with Crippen LogP contribution in [0.5, 0.6) is 0 Å². The van der Waals surface area contributed by atoms with Crippen LogP contribution in [-0.4, -0.2) is 54.4 Å². The van der Waals surface area contributed by atoms with Crippen molar-refractivity contribution in [2.75, 3.05) is 32.7 Å². The zero-order valence-corrected chi connectivity index (χ0v) is 17.3.